The molecule has 1 N–H and O–H groups in total. The Hall–Kier alpha value is -2.30. The summed E-state index contributed by atoms with van der Waals surface area (Å²) in [6.07, 6.45) is 4.89. The molecule has 5 heteroatoms. The van der Waals surface area contributed by atoms with Gasteiger partial charge in [-0.3, -0.25) is 4.79 Å². The fourth-order valence-corrected chi connectivity index (χ4v) is 2.95. The lowest BCUT2D eigenvalue weighted by Crippen LogP contribution is -2.07. The first-order chi connectivity index (χ1) is 10.7. The molecule has 3 aromatic rings. The third kappa shape index (κ3) is 3.47. The molecule has 1 amide bonds. The van der Waals surface area contributed by atoms with E-state index in [2.05, 4.69) is 5.32 Å². The molecule has 2 heterocycles. The number of halogens is 1. The molecule has 0 saturated carbocycles. The van der Waals surface area contributed by atoms with Gasteiger partial charge in [0.1, 0.15) is 5.76 Å². The SMILES string of the molecule is O=C(/C=C/c1ccc(-c2ccco2)s1)Nc1ccccc1Cl. The zero-order valence-electron chi connectivity index (χ0n) is 11.5. The van der Waals surface area contributed by atoms with Gasteiger partial charge in [-0.25, -0.2) is 0 Å². The standard InChI is InChI=1S/C17H12ClNO2S/c18-13-4-1-2-5-14(13)19-17(20)10-8-12-7-9-16(22-12)15-6-3-11-21-15/h1-11H,(H,19,20)/b10-8+. The minimum atomic E-state index is -0.221. The van der Waals surface area contributed by atoms with Crippen molar-refractivity contribution in [1.29, 1.82) is 0 Å². The van der Waals surface area contributed by atoms with Crippen molar-refractivity contribution in [3.05, 3.63) is 70.8 Å². The van der Waals surface area contributed by atoms with Gasteiger partial charge in [0.2, 0.25) is 5.91 Å². The quantitative estimate of drug-likeness (QED) is 0.659. The van der Waals surface area contributed by atoms with Gasteiger partial charge in [0.05, 0.1) is 21.9 Å². The predicted octanol–water partition coefficient (Wildman–Crippen LogP) is 5.31. The van der Waals surface area contributed by atoms with Crippen LogP contribution in [0.15, 0.2) is 65.3 Å². The highest BCUT2D eigenvalue weighted by Crippen LogP contribution is 2.29. The number of benzene rings is 1. The van der Waals surface area contributed by atoms with Crippen LogP contribution in [0.2, 0.25) is 5.02 Å². The number of amides is 1. The number of anilines is 1. The summed E-state index contributed by atoms with van der Waals surface area (Å²) in [5.74, 6) is 0.603. The number of furan rings is 1. The van der Waals surface area contributed by atoms with E-state index in [9.17, 15) is 4.79 Å². The molecule has 0 saturated heterocycles. The number of hydrogen-bond donors (Lipinski definition) is 1. The molecule has 0 aliphatic carbocycles. The van der Waals surface area contributed by atoms with Crippen molar-refractivity contribution in [3.63, 3.8) is 0 Å². The normalized spacial score (nSPS) is 11.0. The van der Waals surface area contributed by atoms with Gasteiger partial charge in [0.25, 0.3) is 0 Å². The zero-order chi connectivity index (χ0) is 15.4. The van der Waals surface area contributed by atoms with Gasteiger partial charge in [-0.15, -0.1) is 11.3 Å². The number of para-hydroxylation sites is 1. The second-order valence-electron chi connectivity index (χ2n) is 4.48. The largest absolute Gasteiger partial charge is 0.464 e. The van der Waals surface area contributed by atoms with Crippen LogP contribution in [0, 0.1) is 0 Å². The first-order valence-electron chi connectivity index (χ1n) is 6.60. The molecular weight excluding hydrogens is 318 g/mol. The van der Waals surface area contributed by atoms with E-state index in [0.717, 1.165) is 15.5 Å². The van der Waals surface area contributed by atoms with E-state index < -0.39 is 0 Å². The maximum Gasteiger partial charge on any atom is 0.248 e. The molecule has 0 aliphatic rings. The predicted molar refractivity (Wildman–Crippen MR) is 91.1 cm³/mol. The highest BCUT2D eigenvalue weighted by Gasteiger charge is 2.05. The van der Waals surface area contributed by atoms with Gasteiger partial charge in [0.15, 0.2) is 0 Å². The number of thiophene rings is 1. The first-order valence-corrected chi connectivity index (χ1v) is 7.79. The molecular formula is C17H12ClNO2S. The molecule has 0 spiro atoms. The zero-order valence-corrected chi connectivity index (χ0v) is 13.0. The molecule has 3 rings (SSSR count). The Labute approximate surface area is 136 Å². The number of nitrogens with one attached hydrogen (secondary N) is 1. The molecule has 0 atom stereocenters. The minimum absolute atomic E-state index is 0.221. The summed E-state index contributed by atoms with van der Waals surface area (Å²) >= 11 is 7.55. The van der Waals surface area contributed by atoms with E-state index in [1.165, 1.54) is 6.08 Å². The Morgan fingerprint density at radius 1 is 1.14 bits per heavy atom. The van der Waals surface area contributed by atoms with Crippen LogP contribution in [0.4, 0.5) is 5.69 Å². The Kier molecular flexibility index (Phi) is 4.42. The van der Waals surface area contributed by atoms with Crippen LogP contribution in [0.3, 0.4) is 0 Å². The van der Waals surface area contributed by atoms with Gasteiger partial charge in [-0.2, -0.15) is 0 Å². The smallest absolute Gasteiger partial charge is 0.248 e. The highest BCUT2D eigenvalue weighted by atomic mass is 35.5. The summed E-state index contributed by atoms with van der Waals surface area (Å²) < 4.78 is 5.34. The van der Waals surface area contributed by atoms with Gasteiger partial charge in [0, 0.05) is 11.0 Å². The fraction of sp³-hybridized carbons (Fsp3) is 0. The summed E-state index contributed by atoms with van der Waals surface area (Å²) in [5.41, 5.74) is 0.598. The molecule has 0 unspecified atom stereocenters. The van der Waals surface area contributed by atoms with Crippen LogP contribution < -0.4 is 5.32 Å². The topological polar surface area (TPSA) is 42.2 Å². The third-order valence-electron chi connectivity index (χ3n) is 2.92. The van der Waals surface area contributed by atoms with Crippen molar-refractivity contribution in [1.82, 2.24) is 0 Å². The van der Waals surface area contributed by atoms with Crippen LogP contribution in [-0.2, 0) is 4.79 Å². The summed E-state index contributed by atoms with van der Waals surface area (Å²) in [4.78, 5) is 13.9. The fourth-order valence-electron chi connectivity index (χ4n) is 1.89. The van der Waals surface area contributed by atoms with Crippen LogP contribution >= 0.6 is 22.9 Å². The van der Waals surface area contributed by atoms with E-state index in [0.29, 0.717) is 10.7 Å². The molecule has 22 heavy (non-hydrogen) atoms. The monoisotopic (exact) mass is 329 g/mol. The van der Waals surface area contributed by atoms with Crippen molar-refractivity contribution in [2.75, 3.05) is 5.32 Å². The van der Waals surface area contributed by atoms with E-state index in [1.54, 1.807) is 35.8 Å². The second-order valence-corrected chi connectivity index (χ2v) is 6.00. The van der Waals surface area contributed by atoms with E-state index in [1.807, 2.05) is 36.4 Å². The Balaban J connectivity index is 1.67. The Morgan fingerprint density at radius 2 is 2.00 bits per heavy atom. The number of carbonyl (C=O) groups is 1. The number of hydrogen-bond acceptors (Lipinski definition) is 3. The van der Waals surface area contributed by atoms with Crippen LogP contribution in [0.25, 0.3) is 16.7 Å². The molecule has 110 valence electrons. The van der Waals surface area contributed by atoms with Crippen molar-refractivity contribution >= 4 is 40.6 Å². The molecule has 1 aromatic carbocycles. The van der Waals surface area contributed by atoms with Gasteiger partial charge in [-0.1, -0.05) is 23.7 Å². The lowest BCUT2D eigenvalue weighted by atomic mass is 10.3. The van der Waals surface area contributed by atoms with E-state index >= 15 is 0 Å². The van der Waals surface area contributed by atoms with Gasteiger partial charge in [-0.05, 0) is 42.5 Å². The van der Waals surface area contributed by atoms with Crippen molar-refractivity contribution in [3.8, 4) is 10.6 Å². The van der Waals surface area contributed by atoms with Crippen LogP contribution in [0.1, 0.15) is 4.88 Å². The lowest BCUT2D eigenvalue weighted by Gasteiger charge is -2.03. The first kappa shape index (κ1) is 14.6. The molecule has 3 nitrogen and oxygen atoms in total. The van der Waals surface area contributed by atoms with Gasteiger partial charge < -0.3 is 9.73 Å². The van der Waals surface area contributed by atoms with Crippen LogP contribution in [0.5, 0.6) is 0 Å². The van der Waals surface area contributed by atoms with Crippen molar-refractivity contribution < 1.29 is 9.21 Å². The summed E-state index contributed by atoms with van der Waals surface area (Å²) in [6, 6.07) is 14.8. The second kappa shape index (κ2) is 6.64. The molecule has 2 aromatic heterocycles. The molecule has 0 radical (unpaired) electrons. The highest BCUT2D eigenvalue weighted by molar-refractivity contribution is 7.16. The Morgan fingerprint density at radius 3 is 2.77 bits per heavy atom. The van der Waals surface area contributed by atoms with Crippen LogP contribution in [-0.4, -0.2) is 5.91 Å². The summed E-state index contributed by atoms with van der Waals surface area (Å²) in [7, 11) is 0. The van der Waals surface area contributed by atoms with E-state index in [4.69, 9.17) is 16.0 Å². The number of rotatable bonds is 4. The average molecular weight is 330 g/mol. The summed E-state index contributed by atoms with van der Waals surface area (Å²) in [5, 5.41) is 3.26. The third-order valence-corrected chi connectivity index (χ3v) is 4.32. The molecule has 0 fully saturated rings. The number of carbonyl (C=O) groups excluding carboxylic acids is 1. The van der Waals surface area contributed by atoms with Crippen molar-refractivity contribution in [2.45, 2.75) is 0 Å². The van der Waals surface area contributed by atoms with E-state index in [-0.39, 0.29) is 5.91 Å². The summed E-state index contributed by atoms with van der Waals surface area (Å²) in [6.45, 7) is 0. The average Bonchev–Trinajstić information content (AvgIpc) is 3.18. The van der Waals surface area contributed by atoms with Crippen molar-refractivity contribution in [2.24, 2.45) is 0 Å². The maximum atomic E-state index is 11.9. The van der Waals surface area contributed by atoms with Gasteiger partial charge >= 0.3 is 0 Å². The lowest BCUT2D eigenvalue weighted by molar-refractivity contribution is -0.111. The molecule has 0 aliphatic heterocycles. The maximum absolute atomic E-state index is 11.9. The minimum Gasteiger partial charge on any atom is -0.464 e. The molecule has 0 bridgehead atoms. The Bertz CT molecular complexity index is 806.